The molecule has 0 aliphatic carbocycles. The van der Waals surface area contributed by atoms with Gasteiger partial charge in [-0.15, -0.1) is 0 Å². The smallest absolute Gasteiger partial charge is 0.322 e. The third-order valence-electron chi connectivity index (χ3n) is 2.73. The molecule has 1 amide bonds. The Bertz CT molecular complexity index is 436. The van der Waals surface area contributed by atoms with E-state index < -0.39 is 27.8 Å². The fourth-order valence-electron chi connectivity index (χ4n) is 1.82. The van der Waals surface area contributed by atoms with E-state index in [1.165, 1.54) is 0 Å². The molecule has 1 atom stereocenters. The van der Waals surface area contributed by atoms with E-state index in [1.54, 1.807) is 6.92 Å². The third kappa shape index (κ3) is 4.15. The van der Waals surface area contributed by atoms with Crippen molar-refractivity contribution in [2.75, 3.05) is 39.0 Å². The van der Waals surface area contributed by atoms with Crippen LogP contribution in [0.5, 0.6) is 0 Å². The number of piperazine rings is 1. The summed E-state index contributed by atoms with van der Waals surface area (Å²) in [6.45, 7) is 2.99. The molecule has 1 aliphatic rings. The number of amides is 1. The summed E-state index contributed by atoms with van der Waals surface area (Å²) in [5, 5.41) is 5.54. The van der Waals surface area contributed by atoms with Crippen LogP contribution in [0.25, 0.3) is 0 Å². The van der Waals surface area contributed by atoms with Gasteiger partial charge in [-0.25, -0.2) is 8.42 Å². The lowest BCUT2D eigenvalue weighted by Gasteiger charge is -2.33. The monoisotopic (exact) mass is 293 g/mol. The predicted octanol–water partition coefficient (Wildman–Crippen LogP) is -2.10. The van der Waals surface area contributed by atoms with Gasteiger partial charge >= 0.3 is 5.97 Å². The van der Waals surface area contributed by atoms with E-state index in [-0.39, 0.29) is 19.0 Å². The van der Waals surface area contributed by atoms with Crippen LogP contribution in [-0.4, -0.2) is 69.7 Å². The maximum Gasteiger partial charge on any atom is 0.322 e. The minimum Gasteiger partial charge on any atom is -0.468 e. The van der Waals surface area contributed by atoms with Gasteiger partial charge in [-0.1, -0.05) is 0 Å². The van der Waals surface area contributed by atoms with Gasteiger partial charge < -0.3 is 15.4 Å². The lowest BCUT2D eigenvalue weighted by Crippen LogP contribution is -2.60. The second-order valence-electron chi connectivity index (χ2n) is 4.06. The van der Waals surface area contributed by atoms with Crippen LogP contribution in [0.15, 0.2) is 0 Å². The standard InChI is InChI=1S/C10H19N3O5S/c1-3-12-10(15)8-6-11-4-5-13(8)19(16,17)7-9(14)18-2/h8,11H,3-7H2,1-2H3,(H,12,15). The maximum atomic E-state index is 12.1. The van der Waals surface area contributed by atoms with Crippen LogP contribution in [0.1, 0.15) is 6.92 Å². The van der Waals surface area contributed by atoms with E-state index in [1.807, 2.05) is 0 Å². The van der Waals surface area contributed by atoms with Crippen molar-refractivity contribution in [3.8, 4) is 0 Å². The summed E-state index contributed by atoms with van der Waals surface area (Å²) < 4.78 is 29.6. The number of ether oxygens (including phenoxy) is 1. The zero-order valence-electron chi connectivity index (χ0n) is 11.0. The average molecular weight is 293 g/mol. The lowest BCUT2D eigenvalue weighted by atomic mass is 10.2. The summed E-state index contributed by atoms with van der Waals surface area (Å²) in [5.74, 6) is -1.96. The highest BCUT2D eigenvalue weighted by molar-refractivity contribution is 7.89. The number of nitrogens with one attached hydrogen (secondary N) is 2. The molecule has 1 fully saturated rings. The molecule has 1 saturated heterocycles. The largest absolute Gasteiger partial charge is 0.468 e. The Morgan fingerprint density at radius 2 is 2.16 bits per heavy atom. The van der Waals surface area contributed by atoms with Crippen molar-refractivity contribution in [2.45, 2.75) is 13.0 Å². The lowest BCUT2D eigenvalue weighted by molar-refractivity contribution is -0.137. The molecule has 0 aromatic heterocycles. The highest BCUT2D eigenvalue weighted by atomic mass is 32.2. The molecule has 2 N–H and O–H groups in total. The van der Waals surface area contributed by atoms with Gasteiger partial charge in [-0.2, -0.15) is 4.31 Å². The zero-order valence-corrected chi connectivity index (χ0v) is 11.8. The minimum atomic E-state index is -3.85. The number of carbonyl (C=O) groups is 2. The summed E-state index contributed by atoms with van der Waals surface area (Å²) in [7, 11) is -2.73. The van der Waals surface area contributed by atoms with Crippen LogP contribution in [-0.2, 0) is 24.3 Å². The van der Waals surface area contributed by atoms with Gasteiger partial charge in [-0.3, -0.25) is 9.59 Å². The van der Waals surface area contributed by atoms with E-state index in [0.29, 0.717) is 13.1 Å². The Morgan fingerprint density at radius 3 is 2.74 bits per heavy atom. The summed E-state index contributed by atoms with van der Waals surface area (Å²) >= 11 is 0. The molecule has 1 unspecified atom stereocenters. The van der Waals surface area contributed by atoms with Gasteiger partial charge in [0.25, 0.3) is 0 Å². The van der Waals surface area contributed by atoms with E-state index in [0.717, 1.165) is 11.4 Å². The molecule has 1 heterocycles. The van der Waals surface area contributed by atoms with Crippen molar-refractivity contribution in [3.05, 3.63) is 0 Å². The van der Waals surface area contributed by atoms with E-state index in [4.69, 9.17) is 0 Å². The SMILES string of the molecule is CCNC(=O)C1CNCCN1S(=O)(=O)CC(=O)OC. The second kappa shape index (κ2) is 6.83. The Labute approximate surface area is 112 Å². The Kier molecular flexibility index (Phi) is 5.70. The predicted molar refractivity (Wildman–Crippen MR) is 67.9 cm³/mol. The highest BCUT2D eigenvalue weighted by Gasteiger charge is 2.37. The van der Waals surface area contributed by atoms with Crippen LogP contribution in [0.4, 0.5) is 0 Å². The van der Waals surface area contributed by atoms with Crippen LogP contribution in [0.2, 0.25) is 0 Å². The first-order chi connectivity index (χ1) is 8.92. The molecule has 110 valence electrons. The van der Waals surface area contributed by atoms with Gasteiger partial charge in [0, 0.05) is 26.2 Å². The van der Waals surface area contributed by atoms with Crippen molar-refractivity contribution in [2.24, 2.45) is 0 Å². The van der Waals surface area contributed by atoms with Gasteiger partial charge in [0.2, 0.25) is 15.9 Å². The molecule has 8 nitrogen and oxygen atoms in total. The van der Waals surface area contributed by atoms with Crippen LogP contribution >= 0.6 is 0 Å². The van der Waals surface area contributed by atoms with Gasteiger partial charge in [0.15, 0.2) is 5.75 Å². The van der Waals surface area contributed by atoms with Crippen LogP contribution in [0, 0.1) is 0 Å². The van der Waals surface area contributed by atoms with Gasteiger partial charge in [0.05, 0.1) is 7.11 Å². The average Bonchev–Trinajstić information content (AvgIpc) is 2.38. The molecular weight excluding hydrogens is 274 g/mol. The number of hydrogen-bond acceptors (Lipinski definition) is 6. The summed E-state index contributed by atoms with van der Waals surface area (Å²) in [6, 6.07) is -0.830. The molecule has 0 aromatic rings. The van der Waals surface area contributed by atoms with Crippen molar-refractivity contribution in [3.63, 3.8) is 0 Å². The van der Waals surface area contributed by atoms with Gasteiger partial charge in [-0.05, 0) is 6.92 Å². The third-order valence-corrected chi connectivity index (χ3v) is 4.49. The molecule has 9 heteroatoms. The normalized spacial score (nSPS) is 20.8. The zero-order chi connectivity index (χ0) is 14.5. The number of methoxy groups -OCH3 is 1. The van der Waals surface area contributed by atoms with Crippen molar-refractivity contribution < 1.29 is 22.7 Å². The number of nitrogens with zero attached hydrogens (tertiary/aromatic N) is 1. The number of hydrogen-bond donors (Lipinski definition) is 2. The van der Waals surface area contributed by atoms with Crippen LogP contribution < -0.4 is 10.6 Å². The number of likely N-dealkylation sites (N-methyl/N-ethyl adjacent to an activating group) is 1. The molecule has 0 saturated carbocycles. The summed E-state index contributed by atoms with van der Waals surface area (Å²) in [4.78, 5) is 23.0. The quantitative estimate of drug-likeness (QED) is 0.563. The first kappa shape index (κ1) is 15.9. The maximum absolute atomic E-state index is 12.1. The molecule has 1 aliphatic heterocycles. The molecule has 19 heavy (non-hydrogen) atoms. The second-order valence-corrected chi connectivity index (χ2v) is 5.98. The van der Waals surface area contributed by atoms with E-state index in [2.05, 4.69) is 15.4 Å². The minimum absolute atomic E-state index is 0.154. The molecule has 0 aromatic carbocycles. The molecule has 1 rings (SSSR count). The van der Waals surface area contributed by atoms with E-state index >= 15 is 0 Å². The molecule has 0 bridgehead atoms. The first-order valence-electron chi connectivity index (χ1n) is 5.97. The van der Waals surface area contributed by atoms with Crippen molar-refractivity contribution in [1.82, 2.24) is 14.9 Å². The summed E-state index contributed by atoms with van der Waals surface area (Å²) in [6.07, 6.45) is 0. The number of rotatable bonds is 5. The fourth-order valence-corrected chi connectivity index (χ4v) is 3.33. The van der Waals surface area contributed by atoms with Crippen LogP contribution in [0.3, 0.4) is 0 Å². The van der Waals surface area contributed by atoms with Crippen molar-refractivity contribution in [1.29, 1.82) is 0 Å². The van der Waals surface area contributed by atoms with Gasteiger partial charge in [0.1, 0.15) is 6.04 Å². The Morgan fingerprint density at radius 1 is 1.47 bits per heavy atom. The summed E-state index contributed by atoms with van der Waals surface area (Å²) in [5.41, 5.74) is 0. The number of carbonyl (C=O) groups excluding carboxylic acids is 2. The van der Waals surface area contributed by atoms with E-state index in [9.17, 15) is 18.0 Å². The Balaban J connectivity index is 2.87. The number of sulfonamides is 1. The highest BCUT2D eigenvalue weighted by Crippen LogP contribution is 2.11. The first-order valence-corrected chi connectivity index (χ1v) is 7.58. The topological polar surface area (TPSA) is 105 Å². The Hall–Kier alpha value is -1.19. The molecule has 0 spiro atoms. The molecule has 0 radical (unpaired) electrons. The molecular formula is C10H19N3O5S. The number of esters is 1. The fraction of sp³-hybridized carbons (Fsp3) is 0.800. The van der Waals surface area contributed by atoms with Crippen molar-refractivity contribution >= 4 is 21.9 Å².